The molecule has 0 fully saturated rings. The maximum Gasteiger partial charge on any atom is 0.152 e. The molecule has 0 atom stereocenters. The van der Waals surface area contributed by atoms with Gasteiger partial charge in [-0.05, 0) is 25.1 Å². The Balaban J connectivity index is 1.84. The summed E-state index contributed by atoms with van der Waals surface area (Å²) in [6, 6.07) is 8.09. The highest BCUT2D eigenvalue weighted by atomic mass is 79.9. The van der Waals surface area contributed by atoms with Crippen LogP contribution in [-0.2, 0) is 6.42 Å². The van der Waals surface area contributed by atoms with Gasteiger partial charge in [-0.25, -0.2) is 4.98 Å². The van der Waals surface area contributed by atoms with E-state index in [9.17, 15) is 0 Å². The molecule has 0 aliphatic heterocycles. The fourth-order valence-electron chi connectivity index (χ4n) is 1.42. The van der Waals surface area contributed by atoms with Gasteiger partial charge in [0, 0.05) is 23.1 Å². The molecular formula is C11H13BrN4. The van der Waals surface area contributed by atoms with Gasteiger partial charge in [0.1, 0.15) is 5.82 Å². The highest BCUT2D eigenvalue weighted by molar-refractivity contribution is 9.10. The third-order valence-electron chi connectivity index (χ3n) is 2.15. The van der Waals surface area contributed by atoms with Gasteiger partial charge in [0.05, 0.1) is 0 Å². The van der Waals surface area contributed by atoms with E-state index in [0.29, 0.717) is 0 Å². The molecule has 1 aromatic carbocycles. The van der Waals surface area contributed by atoms with Gasteiger partial charge in [-0.1, -0.05) is 22.0 Å². The molecule has 84 valence electrons. The fourth-order valence-corrected chi connectivity index (χ4v) is 1.82. The number of hydrogen-bond donors (Lipinski definition) is 2. The SMILES string of the molecule is Cc1nc(CCNc2cccc(Br)c2)n[nH]1. The first kappa shape index (κ1) is 11.1. The molecule has 0 saturated heterocycles. The van der Waals surface area contributed by atoms with Crippen LogP contribution in [0.25, 0.3) is 0 Å². The third-order valence-corrected chi connectivity index (χ3v) is 2.64. The lowest BCUT2D eigenvalue weighted by atomic mass is 10.3. The average molecular weight is 281 g/mol. The minimum Gasteiger partial charge on any atom is -0.385 e. The summed E-state index contributed by atoms with van der Waals surface area (Å²) < 4.78 is 1.08. The first-order valence-electron chi connectivity index (χ1n) is 5.11. The molecule has 5 heteroatoms. The largest absolute Gasteiger partial charge is 0.385 e. The van der Waals surface area contributed by atoms with Crippen LogP contribution < -0.4 is 5.32 Å². The monoisotopic (exact) mass is 280 g/mol. The van der Waals surface area contributed by atoms with E-state index in [1.165, 1.54) is 0 Å². The lowest BCUT2D eigenvalue weighted by molar-refractivity contribution is 0.901. The summed E-state index contributed by atoms with van der Waals surface area (Å²) in [4.78, 5) is 4.24. The van der Waals surface area contributed by atoms with E-state index in [4.69, 9.17) is 0 Å². The lowest BCUT2D eigenvalue weighted by Crippen LogP contribution is -2.05. The van der Waals surface area contributed by atoms with Gasteiger partial charge in [0.25, 0.3) is 0 Å². The topological polar surface area (TPSA) is 53.6 Å². The molecule has 0 spiro atoms. The number of nitrogens with one attached hydrogen (secondary N) is 2. The fraction of sp³-hybridized carbons (Fsp3) is 0.273. The molecule has 0 aliphatic rings. The van der Waals surface area contributed by atoms with Crippen molar-refractivity contribution in [1.82, 2.24) is 15.2 Å². The quantitative estimate of drug-likeness (QED) is 0.905. The van der Waals surface area contributed by atoms with E-state index in [2.05, 4.69) is 36.4 Å². The van der Waals surface area contributed by atoms with Gasteiger partial charge in [-0.15, -0.1) is 0 Å². The normalized spacial score (nSPS) is 10.4. The third kappa shape index (κ3) is 3.06. The summed E-state index contributed by atoms with van der Waals surface area (Å²) >= 11 is 3.43. The van der Waals surface area contributed by atoms with E-state index >= 15 is 0 Å². The van der Waals surface area contributed by atoms with Crippen LogP contribution in [0.2, 0.25) is 0 Å². The first-order chi connectivity index (χ1) is 7.74. The Morgan fingerprint density at radius 1 is 1.44 bits per heavy atom. The molecule has 0 radical (unpaired) electrons. The lowest BCUT2D eigenvalue weighted by Gasteiger charge is -2.04. The summed E-state index contributed by atoms with van der Waals surface area (Å²) in [6.45, 7) is 2.73. The number of halogens is 1. The summed E-state index contributed by atoms with van der Waals surface area (Å²) in [5.74, 6) is 1.71. The van der Waals surface area contributed by atoms with Gasteiger partial charge < -0.3 is 5.32 Å². The number of aryl methyl sites for hydroxylation is 1. The Morgan fingerprint density at radius 2 is 2.31 bits per heavy atom. The zero-order valence-corrected chi connectivity index (χ0v) is 10.6. The molecule has 2 aromatic rings. The number of aromatic nitrogens is 3. The van der Waals surface area contributed by atoms with E-state index in [-0.39, 0.29) is 0 Å². The maximum absolute atomic E-state index is 4.24. The van der Waals surface area contributed by atoms with Crippen LogP contribution in [0.1, 0.15) is 11.6 Å². The van der Waals surface area contributed by atoms with Crippen molar-refractivity contribution in [3.63, 3.8) is 0 Å². The van der Waals surface area contributed by atoms with Crippen LogP contribution in [0.4, 0.5) is 5.69 Å². The molecule has 0 bridgehead atoms. The molecule has 2 N–H and O–H groups in total. The van der Waals surface area contributed by atoms with E-state index in [1.807, 2.05) is 31.2 Å². The van der Waals surface area contributed by atoms with Crippen molar-refractivity contribution in [1.29, 1.82) is 0 Å². The molecular weight excluding hydrogens is 268 g/mol. The first-order valence-corrected chi connectivity index (χ1v) is 5.90. The zero-order valence-electron chi connectivity index (χ0n) is 9.00. The van der Waals surface area contributed by atoms with Gasteiger partial charge in [0.15, 0.2) is 5.82 Å². The van der Waals surface area contributed by atoms with Crippen LogP contribution in [0.5, 0.6) is 0 Å². The van der Waals surface area contributed by atoms with Crippen molar-refractivity contribution < 1.29 is 0 Å². The van der Waals surface area contributed by atoms with Crippen molar-refractivity contribution in [2.45, 2.75) is 13.3 Å². The number of anilines is 1. The van der Waals surface area contributed by atoms with Crippen molar-refractivity contribution in [3.05, 3.63) is 40.4 Å². The number of H-pyrrole nitrogens is 1. The molecule has 1 aromatic heterocycles. The summed E-state index contributed by atoms with van der Waals surface area (Å²) in [6.07, 6.45) is 0.816. The van der Waals surface area contributed by atoms with Crippen molar-refractivity contribution in [2.24, 2.45) is 0 Å². The molecule has 0 unspecified atom stereocenters. The minimum absolute atomic E-state index is 0.816. The van der Waals surface area contributed by atoms with Crippen molar-refractivity contribution in [2.75, 3.05) is 11.9 Å². The van der Waals surface area contributed by atoms with Gasteiger partial charge in [-0.2, -0.15) is 5.10 Å². The van der Waals surface area contributed by atoms with Crippen LogP contribution in [0.15, 0.2) is 28.7 Å². The van der Waals surface area contributed by atoms with Gasteiger partial charge in [0.2, 0.25) is 0 Å². The second-order valence-corrected chi connectivity index (χ2v) is 4.44. The highest BCUT2D eigenvalue weighted by Crippen LogP contribution is 2.15. The Kier molecular flexibility index (Phi) is 3.56. The second kappa shape index (κ2) is 5.12. The highest BCUT2D eigenvalue weighted by Gasteiger charge is 1.99. The van der Waals surface area contributed by atoms with E-state index in [1.54, 1.807) is 0 Å². The van der Waals surface area contributed by atoms with Crippen molar-refractivity contribution in [3.8, 4) is 0 Å². The summed E-state index contributed by atoms with van der Waals surface area (Å²) in [7, 11) is 0. The van der Waals surface area contributed by atoms with Gasteiger partial charge in [-0.3, -0.25) is 5.10 Å². The second-order valence-electron chi connectivity index (χ2n) is 3.52. The maximum atomic E-state index is 4.24. The summed E-state index contributed by atoms with van der Waals surface area (Å²) in [5.41, 5.74) is 1.10. The Labute approximate surface area is 103 Å². The van der Waals surface area contributed by atoms with Crippen LogP contribution in [-0.4, -0.2) is 21.7 Å². The predicted molar refractivity (Wildman–Crippen MR) is 67.5 cm³/mol. The minimum atomic E-state index is 0.816. The summed E-state index contributed by atoms with van der Waals surface area (Å²) in [5, 5.41) is 10.2. The van der Waals surface area contributed by atoms with E-state index in [0.717, 1.165) is 34.8 Å². The Hall–Kier alpha value is -1.36. The molecule has 16 heavy (non-hydrogen) atoms. The smallest absolute Gasteiger partial charge is 0.152 e. The standard InChI is InChI=1S/C11H13BrN4/c1-8-14-11(16-15-8)5-6-13-10-4-2-3-9(12)7-10/h2-4,7,13H,5-6H2,1H3,(H,14,15,16). The molecule has 0 saturated carbocycles. The number of nitrogens with zero attached hydrogens (tertiary/aromatic N) is 2. The Morgan fingerprint density at radius 3 is 3.00 bits per heavy atom. The number of benzene rings is 1. The van der Waals surface area contributed by atoms with Crippen LogP contribution in [0.3, 0.4) is 0 Å². The number of hydrogen-bond acceptors (Lipinski definition) is 3. The molecule has 0 aliphatic carbocycles. The zero-order chi connectivity index (χ0) is 11.4. The average Bonchev–Trinajstić information content (AvgIpc) is 2.64. The molecule has 0 amide bonds. The molecule has 4 nitrogen and oxygen atoms in total. The van der Waals surface area contributed by atoms with E-state index < -0.39 is 0 Å². The molecule has 1 heterocycles. The number of rotatable bonds is 4. The van der Waals surface area contributed by atoms with Crippen LogP contribution in [0, 0.1) is 6.92 Å². The Bertz CT molecular complexity index is 467. The predicted octanol–water partition coefficient (Wildman–Crippen LogP) is 2.53. The molecule has 2 rings (SSSR count). The van der Waals surface area contributed by atoms with Gasteiger partial charge >= 0.3 is 0 Å². The number of aromatic amines is 1. The van der Waals surface area contributed by atoms with Crippen molar-refractivity contribution >= 4 is 21.6 Å². The van der Waals surface area contributed by atoms with Crippen LogP contribution >= 0.6 is 15.9 Å².